The first-order chi connectivity index (χ1) is 20.8. The number of unbranched alkanes of at least 4 members (excludes halogenated alkanes) is 1. The number of rotatable bonds is 11. The molecule has 4 aliphatic rings. The standard InChI is InChI=1S/C39H59NO4/c1-8-9-12-30-24-40-36(44-30)39(20-21-39)33(35(43)37(4,5)6)16-13-25(2)31-17-18-32-27(11-10-19-38(31,32)7)14-15-28-22-29(41)23-34(42)26(28)3/h14-15,24-25,29,31-34,41-42H,3,8-13,16-23H2,1-2,4-7H3/b27-14+,28-15-/t25-,29-,31-,32+,33-,34+,38-/m1/s1. The molecule has 1 heterocycles. The summed E-state index contributed by atoms with van der Waals surface area (Å²) in [7, 11) is 0. The molecule has 0 amide bonds. The highest BCUT2D eigenvalue weighted by Gasteiger charge is 2.58. The van der Waals surface area contributed by atoms with Gasteiger partial charge in [-0.05, 0) is 105 Å². The van der Waals surface area contributed by atoms with Gasteiger partial charge in [0.25, 0.3) is 0 Å². The van der Waals surface area contributed by atoms with Crippen LogP contribution in [0.5, 0.6) is 0 Å². The Kier molecular flexibility index (Phi) is 9.88. The Balaban J connectivity index is 1.30. The van der Waals surface area contributed by atoms with E-state index in [9.17, 15) is 15.0 Å². The molecule has 0 spiro atoms. The van der Waals surface area contributed by atoms with Crippen molar-refractivity contribution in [3.8, 4) is 0 Å². The van der Waals surface area contributed by atoms with Crippen LogP contribution in [0.1, 0.15) is 137 Å². The molecule has 2 N–H and O–H groups in total. The van der Waals surface area contributed by atoms with E-state index in [1.54, 1.807) is 0 Å². The number of hydrogen-bond donors (Lipinski definition) is 2. The van der Waals surface area contributed by atoms with Crippen LogP contribution in [0.25, 0.3) is 0 Å². The van der Waals surface area contributed by atoms with Gasteiger partial charge in [-0.3, -0.25) is 4.79 Å². The largest absolute Gasteiger partial charge is 0.445 e. The summed E-state index contributed by atoms with van der Waals surface area (Å²) in [6, 6.07) is 0. The Morgan fingerprint density at radius 1 is 1.18 bits per heavy atom. The summed E-state index contributed by atoms with van der Waals surface area (Å²) in [6.07, 6.45) is 19.3. The van der Waals surface area contributed by atoms with Gasteiger partial charge in [0.15, 0.2) is 0 Å². The maximum Gasteiger partial charge on any atom is 0.201 e. The van der Waals surface area contributed by atoms with Crippen molar-refractivity contribution in [2.75, 3.05) is 0 Å². The van der Waals surface area contributed by atoms with E-state index in [4.69, 9.17) is 9.40 Å². The van der Waals surface area contributed by atoms with Crippen LogP contribution in [0.15, 0.2) is 46.1 Å². The van der Waals surface area contributed by atoms with Gasteiger partial charge in [0.2, 0.25) is 5.89 Å². The fourth-order valence-corrected chi connectivity index (χ4v) is 9.34. The summed E-state index contributed by atoms with van der Waals surface area (Å²) in [6.45, 7) is 17.5. The van der Waals surface area contributed by atoms with Crippen LogP contribution < -0.4 is 0 Å². The van der Waals surface area contributed by atoms with E-state index in [1.807, 2.05) is 6.20 Å². The molecule has 0 unspecified atom stereocenters. The van der Waals surface area contributed by atoms with Crippen LogP contribution in [0.2, 0.25) is 0 Å². The first kappa shape index (κ1) is 33.4. The number of carbonyl (C=O) groups is 1. The summed E-state index contributed by atoms with van der Waals surface area (Å²) in [5.74, 6) is 3.84. The average molecular weight is 606 g/mol. The number of ketones is 1. The lowest BCUT2D eigenvalue weighted by Crippen LogP contribution is -2.38. The van der Waals surface area contributed by atoms with Gasteiger partial charge >= 0.3 is 0 Å². The minimum atomic E-state index is -0.646. The maximum atomic E-state index is 14.0. The first-order valence-electron chi connectivity index (χ1n) is 17.7. The van der Waals surface area contributed by atoms with Crippen LogP contribution in [-0.4, -0.2) is 33.2 Å². The summed E-state index contributed by atoms with van der Waals surface area (Å²) in [5, 5.41) is 20.5. The van der Waals surface area contributed by atoms with E-state index in [-0.39, 0.29) is 16.7 Å². The van der Waals surface area contributed by atoms with E-state index >= 15 is 0 Å². The highest BCUT2D eigenvalue weighted by Crippen LogP contribution is 2.61. The molecule has 44 heavy (non-hydrogen) atoms. The number of allylic oxidation sites excluding steroid dienone is 3. The third-order valence-corrected chi connectivity index (χ3v) is 12.2. The summed E-state index contributed by atoms with van der Waals surface area (Å²) >= 11 is 0. The lowest BCUT2D eigenvalue weighted by Gasteiger charge is -2.44. The maximum absolute atomic E-state index is 14.0. The van der Waals surface area contributed by atoms with Crippen LogP contribution >= 0.6 is 0 Å². The Labute approximate surface area is 266 Å². The zero-order chi connectivity index (χ0) is 31.9. The SMILES string of the molecule is C=C1/C(=C\C=C2/CCC[C@]3(C)[C@@H]([C@H](C)CC[C@H](C(=O)C(C)(C)C)C4(c5ncc(CCCC)o5)CC4)CC[C@@H]23)C[C@@H](O)C[C@@H]1O. The van der Waals surface area contributed by atoms with E-state index < -0.39 is 17.6 Å². The second-order valence-corrected chi connectivity index (χ2v) is 16.3. The fraction of sp³-hybridized carbons (Fsp3) is 0.744. The molecule has 0 aromatic carbocycles. The van der Waals surface area contributed by atoms with Crippen LogP contribution in [0, 0.1) is 34.5 Å². The predicted octanol–water partition coefficient (Wildman–Crippen LogP) is 8.84. The number of aliphatic hydroxyl groups excluding tert-OH is 2. The van der Waals surface area contributed by atoms with E-state index in [2.05, 4.69) is 60.3 Å². The minimum absolute atomic E-state index is 0.0460. The molecule has 0 saturated heterocycles. The molecule has 1 aromatic heterocycles. The second kappa shape index (κ2) is 13.0. The summed E-state index contributed by atoms with van der Waals surface area (Å²) in [4.78, 5) is 18.8. The average Bonchev–Trinajstić information content (AvgIpc) is 3.46. The van der Waals surface area contributed by atoms with Crippen LogP contribution in [0.4, 0.5) is 0 Å². The number of hydrogen-bond acceptors (Lipinski definition) is 5. The van der Waals surface area contributed by atoms with Gasteiger partial charge in [-0.15, -0.1) is 0 Å². The number of Topliss-reactive ketones (excluding diaryl/α,β-unsaturated/α-hetero) is 1. The number of nitrogens with zero attached hydrogens (tertiary/aromatic N) is 1. The monoisotopic (exact) mass is 605 g/mol. The molecular formula is C39H59NO4. The molecule has 0 radical (unpaired) electrons. The highest BCUT2D eigenvalue weighted by atomic mass is 16.4. The highest BCUT2D eigenvalue weighted by molar-refractivity contribution is 5.87. The van der Waals surface area contributed by atoms with Crippen molar-refractivity contribution in [1.82, 2.24) is 4.98 Å². The Hall–Kier alpha value is -1.98. The molecule has 244 valence electrons. The molecule has 1 aromatic rings. The summed E-state index contributed by atoms with van der Waals surface area (Å²) in [5.41, 5.74) is 2.93. The Bertz CT molecular complexity index is 1260. The molecule has 4 fully saturated rings. The van der Waals surface area contributed by atoms with Gasteiger partial charge in [0, 0.05) is 24.2 Å². The van der Waals surface area contributed by atoms with Crippen molar-refractivity contribution < 1.29 is 19.4 Å². The number of oxazole rings is 1. The third kappa shape index (κ3) is 6.61. The zero-order valence-electron chi connectivity index (χ0n) is 28.5. The topological polar surface area (TPSA) is 83.6 Å². The van der Waals surface area contributed by atoms with Gasteiger partial charge in [0.05, 0.1) is 23.8 Å². The predicted molar refractivity (Wildman–Crippen MR) is 177 cm³/mol. The van der Waals surface area contributed by atoms with Crippen molar-refractivity contribution in [3.63, 3.8) is 0 Å². The Morgan fingerprint density at radius 3 is 2.61 bits per heavy atom. The van der Waals surface area contributed by atoms with Gasteiger partial charge in [-0.2, -0.15) is 0 Å². The van der Waals surface area contributed by atoms with Crippen molar-refractivity contribution >= 4 is 5.78 Å². The smallest absolute Gasteiger partial charge is 0.201 e. The number of aryl methyl sites for hydroxylation is 1. The van der Waals surface area contributed by atoms with Gasteiger partial charge in [-0.1, -0.05) is 72.3 Å². The molecule has 7 atom stereocenters. The van der Waals surface area contributed by atoms with Gasteiger partial charge < -0.3 is 14.6 Å². The molecule has 4 saturated carbocycles. The quantitative estimate of drug-likeness (QED) is 0.263. The molecular weight excluding hydrogens is 546 g/mol. The van der Waals surface area contributed by atoms with E-state index in [1.165, 1.54) is 31.3 Å². The summed E-state index contributed by atoms with van der Waals surface area (Å²) < 4.78 is 6.34. The fourth-order valence-electron chi connectivity index (χ4n) is 9.34. The van der Waals surface area contributed by atoms with E-state index in [0.717, 1.165) is 74.2 Å². The molecule has 0 bridgehead atoms. The zero-order valence-corrected chi connectivity index (χ0v) is 28.5. The number of fused-ring (bicyclic) bond motifs is 1. The van der Waals surface area contributed by atoms with Crippen molar-refractivity contribution in [2.45, 2.75) is 149 Å². The molecule has 0 aliphatic heterocycles. The lowest BCUT2D eigenvalue weighted by molar-refractivity contribution is -0.132. The minimum Gasteiger partial charge on any atom is -0.445 e. The van der Waals surface area contributed by atoms with Gasteiger partial charge in [0.1, 0.15) is 11.5 Å². The van der Waals surface area contributed by atoms with Crippen molar-refractivity contribution in [1.29, 1.82) is 0 Å². The molecule has 5 heteroatoms. The van der Waals surface area contributed by atoms with Crippen LogP contribution in [-0.2, 0) is 16.6 Å². The molecule has 5 rings (SSSR count). The molecule has 5 nitrogen and oxygen atoms in total. The normalized spacial score (nSPS) is 33.4. The Morgan fingerprint density at radius 2 is 1.93 bits per heavy atom. The third-order valence-electron chi connectivity index (χ3n) is 12.2. The molecule has 4 aliphatic carbocycles. The number of aliphatic hydroxyl groups is 2. The number of carbonyl (C=O) groups excluding carboxylic acids is 1. The van der Waals surface area contributed by atoms with Gasteiger partial charge in [-0.25, -0.2) is 4.98 Å². The van der Waals surface area contributed by atoms with Crippen molar-refractivity contribution in [2.24, 2.45) is 34.5 Å². The first-order valence-corrected chi connectivity index (χ1v) is 17.7. The second-order valence-electron chi connectivity index (χ2n) is 16.3. The lowest BCUT2D eigenvalue weighted by atomic mass is 9.60. The van der Waals surface area contributed by atoms with Crippen LogP contribution in [0.3, 0.4) is 0 Å². The van der Waals surface area contributed by atoms with E-state index in [0.29, 0.717) is 36.4 Å². The van der Waals surface area contributed by atoms with Crippen molar-refractivity contribution in [3.05, 3.63) is 53.3 Å². The number of aromatic nitrogens is 1.